The van der Waals surface area contributed by atoms with E-state index >= 15 is 0 Å². The van der Waals surface area contributed by atoms with Crippen LogP contribution in [0.3, 0.4) is 0 Å². The van der Waals surface area contributed by atoms with Crippen molar-refractivity contribution in [3.8, 4) is 0 Å². The molecule has 0 spiro atoms. The standard InChI is InChI=1S/C21H20N2O5/c1-13-17(20(25)28-12-14-6-4-3-5-7-14)18(23-21(26)22-13)15-8-10-16(11-9-15)19(24)27-2/h3-11,18H,12H2,1-2H3,(H2,22,23,26). The largest absolute Gasteiger partial charge is 0.465 e. The van der Waals surface area contributed by atoms with E-state index in [0.29, 0.717) is 22.4 Å². The zero-order valence-corrected chi connectivity index (χ0v) is 15.5. The molecule has 1 aliphatic heterocycles. The van der Waals surface area contributed by atoms with Gasteiger partial charge in [0.1, 0.15) is 6.61 Å². The highest BCUT2D eigenvalue weighted by molar-refractivity contribution is 5.95. The molecule has 2 N–H and O–H groups in total. The van der Waals surface area contributed by atoms with Crippen molar-refractivity contribution < 1.29 is 23.9 Å². The smallest absolute Gasteiger partial charge is 0.338 e. The van der Waals surface area contributed by atoms with E-state index in [1.54, 1.807) is 31.2 Å². The fraction of sp³-hybridized carbons (Fsp3) is 0.190. The molecule has 1 atom stereocenters. The van der Waals surface area contributed by atoms with Gasteiger partial charge in [0.15, 0.2) is 0 Å². The van der Waals surface area contributed by atoms with E-state index in [0.717, 1.165) is 5.56 Å². The van der Waals surface area contributed by atoms with Gasteiger partial charge in [-0.05, 0) is 30.2 Å². The van der Waals surface area contributed by atoms with Crippen LogP contribution in [0.25, 0.3) is 0 Å². The Morgan fingerprint density at radius 1 is 1.00 bits per heavy atom. The van der Waals surface area contributed by atoms with Gasteiger partial charge in [-0.25, -0.2) is 14.4 Å². The van der Waals surface area contributed by atoms with Crippen LogP contribution in [0.5, 0.6) is 0 Å². The molecule has 7 nitrogen and oxygen atoms in total. The molecule has 1 aliphatic rings. The summed E-state index contributed by atoms with van der Waals surface area (Å²) in [4.78, 5) is 36.3. The average molecular weight is 380 g/mol. The molecule has 3 rings (SSSR count). The second-order valence-corrected chi connectivity index (χ2v) is 6.25. The molecular weight excluding hydrogens is 360 g/mol. The third-order valence-corrected chi connectivity index (χ3v) is 4.37. The Balaban J connectivity index is 1.84. The summed E-state index contributed by atoms with van der Waals surface area (Å²) in [5.74, 6) is -0.994. The predicted molar refractivity (Wildman–Crippen MR) is 101 cm³/mol. The minimum atomic E-state index is -0.691. The second kappa shape index (κ2) is 8.39. The first-order valence-electron chi connectivity index (χ1n) is 8.67. The second-order valence-electron chi connectivity index (χ2n) is 6.25. The molecule has 0 saturated heterocycles. The number of carbonyl (C=O) groups excluding carboxylic acids is 3. The molecule has 7 heteroatoms. The van der Waals surface area contributed by atoms with Gasteiger partial charge in [0.05, 0.1) is 24.3 Å². The van der Waals surface area contributed by atoms with E-state index in [-0.39, 0.29) is 6.61 Å². The maximum absolute atomic E-state index is 12.7. The SMILES string of the molecule is COC(=O)c1ccc(C2NC(=O)NC(C)=C2C(=O)OCc2ccccc2)cc1. The summed E-state index contributed by atoms with van der Waals surface area (Å²) in [5.41, 5.74) is 2.61. The van der Waals surface area contributed by atoms with Gasteiger partial charge in [-0.1, -0.05) is 42.5 Å². The van der Waals surface area contributed by atoms with Crippen LogP contribution in [0.15, 0.2) is 65.9 Å². The Labute approximate surface area is 162 Å². The van der Waals surface area contributed by atoms with Crippen molar-refractivity contribution in [2.45, 2.75) is 19.6 Å². The molecule has 0 bridgehead atoms. The van der Waals surface area contributed by atoms with Crippen molar-refractivity contribution in [3.63, 3.8) is 0 Å². The number of allylic oxidation sites excluding steroid dienone is 1. The van der Waals surface area contributed by atoms with Crippen molar-refractivity contribution in [1.82, 2.24) is 10.6 Å². The predicted octanol–water partition coefficient (Wildman–Crippen LogP) is 2.84. The number of hydrogen-bond donors (Lipinski definition) is 2. The number of urea groups is 1. The van der Waals surface area contributed by atoms with Crippen LogP contribution < -0.4 is 10.6 Å². The van der Waals surface area contributed by atoms with E-state index in [1.807, 2.05) is 30.3 Å². The fourth-order valence-electron chi connectivity index (χ4n) is 2.94. The highest BCUT2D eigenvalue weighted by Gasteiger charge is 2.32. The zero-order chi connectivity index (χ0) is 20.1. The van der Waals surface area contributed by atoms with Gasteiger partial charge in [0.25, 0.3) is 0 Å². The zero-order valence-electron chi connectivity index (χ0n) is 15.5. The van der Waals surface area contributed by atoms with Crippen molar-refractivity contribution in [2.75, 3.05) is 7.11 Å². The molecule has 144 valence electrons. The molecular formula is C21H20N2O5. The maximum atomic E-state index is 12.7. The summed E-state index contributed by atoms with van der Waals surface area (Å²) in [6.45, 7) is 1.77. The Morgan fingerprint density at radius 2 is 1.68 bits per heavy atom. The summed E-state index contributed by atoms with van der Waals surface area (Å²) in [6, 6.07) is 14.7. The molecule has 0 saturated carbocycles. The van der Waals surface area contributed by atoms with Gasteiger partial charge in [-0.2, -0.15) is 0 Å². The van der Waals surface area contributed by atoms with E-state index < -0.39 is 24.0 Å². The third kappa shape index (κ3) is 4.20. The highest BCUT2D eigenvalue weighted by Crippen LogP contribution is 2.28. The molecule has 2 amide bonds. The summed E-state index contributed by atoms with van der Waals surface area (Å²) in [6.07, 6.45) is 0. The van der Waals surface area contributed by atoms with Crippen molar-refractivity contribution >= 4 is 18.0 Å². The first-order valence-corrected chi connectivity index (χ1v) is 8.67. The molecule has 0 fully saturated rings. The van der Waals surface area contributed by atoms with Gasteiger partial charge in [-0.15, -0.1) is 0 Å². The first-order chi connectivity index (χ1) is 13.5. The number of amides is 2. The topological polar surface area (TPSA) is 93.7 Å². The van der Waals surface area contributed by atoms with E-state index in [2.05, 4.69) is 15.4 Å². The van der Waals surface area contributed by atoms with Crippen LogP contribution in [0, 0.1) is 0 Å². The summed E-state index contributed by atoms with van der Waals surface area (Å²) < 4.78 is 10.1. The minimum absolute atomic E-state index is 0.123. The molecule has 0 aromatic heterocycles. The van der Waals surface area contributed by atoms with Crippen LogP contribution in [0.2, 0.25) is 0 Å². The van der Waals surface area contributed by atoms with Crippen molar-refractivity contribution in [2.24, 2.45) is 0 Å². The number of rotatable bonds is 5. The summed E-state index contributed by atoms with van der Waals surface area (Å²) >= 11 is 0. The lowest BCUT2D eigenvalue weighted by Crippen LogP contribution is -2.45. The van der Waals surface area contributed by atoms with Crippen molar-refractivity contribution in [3.05, 3.63) is 82.6 Å². The molecule has 0 aliphatic carbocycles. The summed E-state index contributed by atoms with van der Waals surface area (Å²) in [5, 5.41) is 5.33. The summed E-state index contributed by atoms with van der Waals surface area (Å²) in [7, 11) is 1.30. The Bertz CT molecular complexity index is 920. The molecule has 28 heavy (non-hydrogen) atoms. The normalized spacial score (nSPS) is 16.1. The number of carbonyl (C=O) groups is 3. The van der Waals surface area contributed by atoms with E-state index in [1.165, 1.54) is 7.11 Å². The number of ether oxygens (including phenoxy) is 2. The molecule has 1 heterocycles. The number of nitrogens with one attached hydrogen (secondary N) is 2. The number of benzene rings is 2. The van der Waals surface area contributed by atoms with Crippen LogP contribution in [-0.4, -0.2) is 25.1 Å². The van der Waals surface area contributed by atoms with E-state index in [4.69, 9.17) is 4.74 Å². The van der Waals surface area contributed by atoms with Crippen LogP contribution in [-0.2, 0) is 20.9 Å². The number of methoxy groups -OCH3 is 1. The quantitative estimate of drug-likeness (QED) is 0.778. The maximum Gasteiger partial charge on any atom is 0.338 e. The third-order valence-electron chi connectivity index (χ3n) is 4.37. The molecule has 2 aromatic rings. The van der Waals surface area contributed by atoms with E-state index in [9.17, 15) is 14.4 Å². The van der Waals surface area contributed by atoms with Crippen LogP contribution in [0.4, 0.5) is 4.79 Å². The van der Waals surface area contributed by atoms with Gasteiger partial charge < -0.3 is 20.1 Å². The minimum Gasteiger partial charge on any atom is -0.465 e. The lowest BCUT2D eigenvalue weighted by molar-refractivity contribution is -0.140. The lowest BCUT2D eigenvalue weighted by atomic mass is 9.95. The first kappa shape index (κ1) is 19.2. The molecule has 2 aromatic carbocycles. The monoisotopic (exact) mass is 380 g/mol. The van der Waals surface area contributed by atoms with Crippen LogP contribution >= 0.6 is 0 Å². The Morgan fingerprint density at radius 3 is 2.32 bits per heavy atom. The molecule has 1 unspecified atom stereocenters. The van der Waals surface area contributed by atoms with Crippen LogP contribution in [0.1, 0.15) is 34.5 Å². The number of hydrogen-bond acceptors (Lipinski definition) is 5. The fourth-order valence-corrected chi connectivity index (χ4v) is 2.94. The van der Waals surface area contributed by atoms with Gasteiger partial charge in [0, 0.05) is 5.70 Å². The average Bonchev–Trinajstić information content (AvgIpc) is 2.71. The Kier molecular flexibility index (Phi) is 5.74. The Hall–Kier alpha value is -3.61. The van der Waals surface area contributed by atoms with Crippen molar-refractivity contribution in [1.29, 1.82) is 0 Å². The van der Waals surface area contributed by atoms with Gasteiger partial charge in [-0.3, -0.25) is 0 Å². The van der Waals surface area contributed by atoms with Gasteiger partial charge >= 0.3 is 18.0 Å². The highest BCUT2D eigenvalue weighted by atomic mass is 16.5. The number of esters is 2. The lowest BCUT2D eigenvalue weighted by Gasteiger charge is -2.28. The van der Waals surface area contributed by atoms with Gasteiger partial charge in [0.2, 0.25) is 0 Å². The molecule has 0 radical (unpaired) electrons.